The Balaban J connectivity index is 0.00000242. The molecule has 0 aliphatic carbocycles. The van der Waals surface area contributed by atoms with Crippen molar-refractivity contribution >= 4 is 29.9 Å². The summed E-state index contributed by atoms with van der Waals surface area (Å²) in [6.45, 7) is 9.33. The summed E-state index contributed by atoms with van der Waals surface area (Å²) in [5.74, 6) is 2.18. The van der Waals surface area contributed by atoms with Crippen LogP contribution in [0.5, 0.6) is 11.5 Å². The first-order valence-corrected chi connectivity index (χ1v) is 7.24. The summed E-state index contributed by atoms with van der Waals surface area (Å²) < 4.78 is 11.5. The van der Waals surface area contributed by atoms with Crippen molar-refractivity contribution in [1.82, 2.24) is 5.32 Å². The molecule has 1 atom stereocenters. The molecular formula is C16H24IN3O2. The number of ether oxygens (including phenoxy) is 2. The Hall–Kier alpha value is -1.44. The summed E-state index contributed by atoms with van der Waals surface area (Å²) >= 11 is 0. The first kappa shape index (κ1) is 18.6. The van der Waals surface area contributed by atoms with E-state index < -0.39 is 0 Å². The van der Waals surface area contributed by atoms with Crippen LogP contribution in [-0.2, 0) is 13.0 Å². The fourth-order valence-electron chi connectivity index (χ4n) is 2.30. The van der Waals surface area contributed by atoms with Crippen LogP contribution in [0.25, 0.3) is 0 Å². The molecule has 22 heavy (non-hydrogen) atoms. The smallest absolute Gasteiger partial charge is 0.189 e. The lowest BCUT2D eigenvalue weighted by Crippen LogP contribution is -2.31. The SMILES string of the molecule is C=CCNC(N)=NCc1cc2c(cc1OCC)CC(C)O2.I. The van der Waals surface area contributed by atoms with Gasteiger partial charge in [-0.2, -0.15) is 0 Å². The molecular weight excluding hydrogens is 393 g/mol. The second-order valence-corrected chi connectivity index (χ2v) is 5.00. The number of rotatable bonds is 6. The van der Waals surface area contributed by atoms with E-state index in [-0.39, 0.29) is 30.1 Å². The minimum absolute atomic E-state index is 0. The molecule has 0 saturated heterocycles. The van der Waals surface area contributed by atoms with E-state index in [4.69, 9.17) is 15.2 Å². The predicted molar refractivity (Wildman–Crippen MR) is 100 cm³/mol. The van der Waals surface area contributed by atoms with Gasteiger partial charge in [0.05, 0.1) is 13.2 Å². The van der Waals surface area contributed by atoms with E-state index >= 15 is 0 Å². The fraction of sp³-hybridized carbons (Fsp3) is 0.438. The van der Waals surface area contributed by atoms with E-state index in [2.05, 4.69) is 29.9 Å². The van der Waals surface area contributed by atoms with Gasteiger partial charge in [0.15, 0.2) is 5.96 Å². The number of nitrogens with two attached hydrogens (primary N) is 1. The zero-order chi connectivity index (χ0) is 15.2. The van der Waals surface area contributed by atoms with Crippen LogP contribution >= 0.6 is 24.0 Å². The molecule has 0 bridgehead atoms. The van der Waals surface area contributed by atoms with Gasteiger partial charge < -0.3 is 20.5 Å². The average Bonchev–Trinajstić information content (AvgIpc) is 2.82. The largest absolute Gasteiger partial charge is 0.494 e. The molecule has 5 nitrogen and oxygen atoms in total. The van der Waals surface area contributed by atoms with Gasteiger partial charge in [0, 0.05) is 24.1 Å². The number of halogens is 1. The number of hydrogen-bond acceptors (Lipinski definition) is 3. The van der Waals surface area contributed by atoms with E-state index in [1.807, 2.05) is 13.0 Å². The first-order valence-electron chi connectivity index (χ1n) is 7.24. The van der Waals surface area contributed by atoms with Gasteiger partial charge in [-0.3, -0.25) is 0 Å². The third kappa shape index (κ3) is 4.79. The summed E-state index contributed by atoms with van der Waals surface area (Å²) in [7, 11) is 0. The fourth-order valence-corrected chi connectivity index (χ4v) is 2.30. The van der Waals surface area contributed by atoms with Crippen molar-refractivity contribution in [3.05, 3.63) is 35.9 Å². The third-order valence-corrected chi connectivity index (χ3v) is 3.23. The molecule has 122 valence electrons. The van der Waals surface area contributed by atoms with Gasteiger partial charge in [0.2, 0.25) is 0 Å². The lowest BCUT2D eigenvalue weighted by Gasteiger charge is -2.11. The van der Waals surface area contributed by atoms with Crippen LogP contribution in [0.3, 0.4) is 0 Å². The summed E-state index contributed by atoms with van der Waals surface area (Å²) in [6.07, 6.45) is 2.87. The Bertz CT molecular complexity index is 546. The van der Waals surface area contributed by atoms with Crippen molar-refractivity contribution < 1.29 is 9.47 Å². The Kier molecular flexibility index (Phi) is 7.50. The van der Waals surface area contributed by atoms with Crippen LogP contribution in [0.4, 0.5) is 0 Å². The summed E-state index contributed by atoms with van der Waals surface area (Å²) in [4.78, 5) is 4.32. The van der Waals surface area contributed by atoms with Gasteiger partial charge in [-0.25, -0.2) is 4.99 Å². The molecule has 1 aliphatic rings. The highest BCUT2D eigenvalue weighted by Gasteiger charge is 2.21. The van der Waals surface area contributed by atoms with Crippen LogP contribution in [0.2, 0.25) is 0 Å². The number of nitrogens with one attached hydrogen (secondary N) is 1. The van der Waals surface area contributed by atoms with Crippen LogP contribution in [0.15, 0.2) is 29.8 Å². The van der Waals surface area contributed by atoms with Gasteiger partial charge in [-0.05, 0) is 26.0 Å². The van der Waals surface area contributed by atoms with Crippen LogP contribution in [0.1, 0.15) is 25.0 Å². The van der Waals surface area contributed by atoms with Gasteiger partial charge in [-0.15, -0.1) is 30.6 Å². The van der Waals surface area contributed by atoms with Crippen molar-refractivity contribution in [3.8, 4) is 11.5 Å². The number of fused-ring (bicyclic) bond motifs is 1. The van der Waals surface area contributed by atoms with Crippen molar-refractivity contribution in [2.24, 2.45) is 10.7 Å². The molecule has 1 unspecified atom stereocenters. The quantitative estimate of drug-likeness (QED) is 0.323. The standard InChI is InChI=1S/C16H23N3O2.HI/c1-4-6-18-16(17)19-10-13-9-15-12(7-11(3)21-15)8-14(13)20-5-2;/h4,8-9,11H,1,5-7,10H2,2-3H3,(H3,17,18,19);1H. The van der Waals surface area contributed by atoms with Gasteiger partial charge in [0.25, 0.3) is 0 Å². The summed E-state index contributed by atoms with van der Waals surface area (Å²) in [6, 6.07) is 4.06. The summed E-state index contributed by atoms with van der Waals surface area (Å²) in [5.41, 5.74) is 7.96. The number of benzene rings is 1. The van der Waals surface area contributed by atoms with Crippen molar-refractivity contribution in [1.29, 1.82) is 0 Å². The number of hydrogen-bond donors (Lipinski definition) is 2. The maximum absolute atomic E-state index is 5.79. The summed E-state index contributed by atoms with van der Waals surface area (Å²) in [5, 5.41) is 2.95. The Morgan fingerprint density at radius 3 is 3.05 bits per heavy atom. The zero-order valence-corrected chi connectivity index (χ0v) is 15.4. The molecule has 0 fully saturated rings. The molecule has 1 aromatic carbocycles. The molecule has 0 radical (unpaired) electrons. The van der Waals surface area contributed by atoms with Crippen molar-refractivity contribution in [2.45, 2.75) is 32.9 Å². The number of nitrogens with zero attached hydrogens (tertiary/aromatic N) is 1. The maximum atomic E-state index is 5.79. The van der Waals surface area contributed by atoms with E-state index in [1.54, 1.807) is 6.08 Å². The van der Waals surface area contributed by atoms with E-state index in [9.17, 15) is 0 Å². The van der Waals surface area contributed by atoms with Gasteiger partial charge in [0.1, 0.15) is 17.6 Å². The molecule has 0 amide bonds. The van der Waals surface area contributed by atoms with Crippen molar-refractivity contribution in [2.75, 3.05) is 13.2 Å². The molecule has 6 heteroatoms. The van der Waals surface area contributed by atoms with Crippen LogP contribution in [0, 0.1) is 0 Å². The molecule has 0 spiro atoms. The second kappa shape index (κ2) is 8.87. The molecule has 1 aromatic rings. The van der Waals surface area contributed by atoms with Crippen LogP contribution in [-0.4, -0.2) is 25.2 Å². The predicted octanol–water partition coefficient (Wildman–Crippen LogP) is 2.62. The minimum atomic E-state index is 0. The van der Waals surface area contributed by atoms with Crippen LogP contribution < -0.4 is 20.5 Å². The Morgan fingerprint density at radius 2 is 2.36 bits per heavy atom. The lowest BCUT2D eigenvalue weighted by molar-refractivity contribution is 0.254. The topological polar surface area (TPSA) is 68.9 Å². The number of aliphatic imine (C=N–C) groups is 1. The highest BCUT2D eigenvalue weighted by Crippen LogP contribution is 2.35. The molecule has 1 heterocycles. The monoisotopic (exact) mass is 417 g/mol. The molecule has 2 rings (SSSR count). The lowest BCUT2D eigenvalue weighted by atomic mass is 10.1. The van der Waals surface area contributed by atoms with Crippen molar-refractivity contribution in [3.63, 3.8) is 0 Å². The maximum Gasteiger partial charge on any atom is 0.189 e. The normalized spacial score (nSPS) is 16.3. The van der Waals surface area contributed by atoms with E-state index in [0.29, 0.717) is 25.7 Å². The molecule has 0 aromatic heterocycles. The first-order chi connectivity index (χ1) is 10.1. The van der Waals surface area contributed by atoms with Gasteiger partial charge in [-0.1, -0.05) is 6.08 Å². The van der Waals surface area contributed by atoms with Gasteiger partial charge >= 0.3 is 0 Å². The highest BCUT2D eigenvalue weighted by atomic mass is 127. The average molecular weight is 417 g/mol. The van der Waals surface area contributed by atoms with E-state index in [0.717, 1.165) is 23.5 Å². The Morgan fingerprint density at radius 1 is 1.59 bits per heavy atom. The van der Waals surface area contributed by atoms with E-state index in [1.165, 1.54) is 5.56 Å². The minimum Gasteiger partial charge on any atom is -0.494 e. The second-order valence-electron chi connectivity index (χ2n) is 5.00. The molecule has 3 N–H and O–H groups in total. The molecule has 1 aliphatic heterocycles. The molecule has 0 saturated carbocycles. The highest BCUT2D eigenvalue weighted by molar-refractivity contribution is 14.0. The zero-order valence-electron chi connectivity index (χ0n) is 13.1. The Labute approximate surface area is 149 Å². The third-order valence-electron chi connectivity index (χ3n) is 3.23. The number of guanidine groups is 1.